The number of carbonyl (C=O) groups excluding carboxylic acids is 1. The van der Waals surface area contributed by atoms with Crippen molar-refractivity contribution in [3.63, 3.8) is 0 Å². The highest BCUT2D eigenvalue weighted by Gasteiger charge is 2.23. The van der Waals surface area contributed by atoms with Gasteiger partial charge in [-0.05, 0) is 32.0 Å². The van der Waals surface area contributed by atoms with Crippen LogP contribution in [0.2, 0.25) is 0 Å². The number of hydrogen-bond acceptors (Lipinski definition) is 3. The summed E-state index contributed by atoms with van der Waals surface area (Å²) in [6.45, 7) is 3.01. The minimum Gasteiger partial charge on any atom is -0.397 e. The van der Waals surface area contributed by atoms with Crippen LogP contribution in [0.3, 0.4) is 0 Å². The maximum atomic E-state index is 12.1. The lowest BCUT2D eigenvalue weighted by Crippen LogP contribution is -2.33. The molecule has 1 saturated heterocycles. The summed E-state index contributed by atoms with van der Waals surface area (Å²) in [5.41, 5.74) is 6.76. The fourth-order valence-electron chi connectivity index (χ4n) is 2.39. The highest BCUT2D eigenvalue weighted by Crippen LogP contribution is 2.16. The molecule has 2 heterocycles. The molecule has 2 rings (SSSR count). The largest absolute Gasteiger partial charge is 0.397 e. The Balaban J connectivity index is 1.91. The number of nitrogens with two attached hydrogens (primary N) is 1. The molecule has 1 atom stereocenters. The lowest BCUT2D eigenvalue weighted by molar-refractivity contribution is 0.0769. The number of likely N-dealkylation sites (tertiary alicyclic amines) is 1. The molecule has 0 bridgehead atoms. The lowest BCUT2D eigenvalue weighted by atomic mass is 10.1. The van der Waals surface area contributed by atoms with E-state index in [9.17, 15) is 4.79 Å². The molecule has 1 aromatic heterocycles. The Hall–Kier alpha value is -1.49. The van der Waals surface area contributed by atoms with Gasteiger partial charge in [0.25, 0.3) is 5.91 Å². The maximum absolute atomic E-state index is 12.1. The highest BCUT2D eigenvalue weighted by atomic mass is 16.2. The molecule has 1 fully saturated rings. The van der Waals surface area contributed by atoms with Crippen LogP contribution in [0, 0.1) is 5.92 Å². The van der Waals surface area contributed by atoms with Gasteiger partial charge in [-0.15, -0.1) is 0 Å². The van der Waals surface area contributed by atoms with Crippen molar-refractivity contribution in [1.29, 1.82) is 0 Å². The first-order valence-electron chi connectivity index (χ1n) is 5.94. The highest BCUT2D eigenvalue weighted by molar-refractivity contribution is 5.93. The standard InChI is InChI=1S/C12H20N4O/c1-15-4-3-9(7-15)8-16(2)12(17)11-5-10(13)6-14-11/h5-6,9,14H,3-4,7-8,13H2,1-2H3. The van der Waals surface area contributed by atoms with Crippen molar-refractivity contribution in [2.24, 2.45) is 5.92 Å². The van der Waals surface area contributed by atoms with E-state index >= 15 is 0 Å². The summed E-state index contributed by atoms with van der Waals surface area (Å²) in [5.74, 6) is 0.595. The molecule has 5 heteroatoms. The molecule has 1 aliphatic heterocycles. The van der Waals surface area contributed by atoms with Gasteiger partial charge in [0.2, 0.25) is 0 Å². The minimum atomic E-state index is 0.0104. The van der Waals surface area contributed by atoms with E-state index in [1.54, 1.807) is 17.2 Å². The molecule has 0 aromatic carbocycles. The molecule has 0 spiro atoms. The molecule has 94 valence electrons. The van der Waals surface area contributed by atoms with Crippen molar-refractivity contribution in [3.8, 4) is 0 Å². The number of nitrogen functional groups attached to an aromatic ring is 1. The number of hydrogen-bond donors (Lipinski definition) is 2. The van der Waals surface area contributed by atoms with Crippen molar-refractivity contribution < 1.29 is 4.79 Å². The van der Waals surface area contributed by atoms with Gasteiger partial charge < -0.3 is 20.5 Å². The summed E-state index contributed by atoms with van der Waals surface area (Å²) in [7, 11) is 3.96. The van der Waals surface area contributed by atoms with E-state index in [4.69, 9.17) is 5.73 Å². The normalized spacial score (nSPS) is 20.7. The van der Waals surface area contributed by atoms with Crippen LogP contribution in [0.25, 0.3) is 0 Å². The number of nitrogens with one attached hydrogen (secondary N) is 1. The first-order valence-corrected chi connectivity index (χ1v) is 5.94. The summed E-state index contributed by atoms with van der Waals surface area (Å²) in [6.07, 6.45) is 2.81. The van der Waals surface area contributed by atoms with Gasteiger partial charge >= 0.3 is 0 Å². The number of carbonyl (C=O) groups is 1. The Morgan fingerprint density at radius 1 is 1.71 bits per heavy atom. The Morgan fingerprint density at radius 2 is 2.47 bits per heavy atom. The molecular weight excluding hydrogens is 216 g/mol. The van der Waals surface area contributed by atoms with Crippen LogP contribution < -0.4 is 5.73 Å². The zero-order valence-corrected chi connectivity index (χ0v) is 10.4. The Labute approximate surface area is 102 Å². The number of aromatic nitrogens is 1. The first-order chi connectivity index (χ1) is 8.06. The van der Waals surface area contributed by atoms with Gasteiger partial charge in [-0.2, -0.15) is 0 Å². The summed E-state index contributed by atoms with van der Waals surface area (Å²) >= 11 is 0. The molecule has 0 saturated carbocycles. The predicted molar refractivity (Wildman–Crippen MR) is 67.8 cm³/mol. The second kappa shape index (κ2) is 4.79. The van der Waals surface area contributed by atoms with Gasteiger partial charge in [0.05, 0.1) is 0 Å². The van der Waals surface area contributed by atoms with Crippen LogP contribution >= 0.6 is 0 Å². The molecular formula is C12H20N4O. The third-order valence-electron chi connectivity index (χ3n) is 3.30. The van der Waals surface area contributed by atoms with Crippen molar-refractivity contribution in [1.82, 2.24) is 14.8 Å². The zero-order valence-electron chi connectivity index (χ0n) is 10.4. The van der Waals surface area contributed by atoms with E-state index in [1.165, 1.54) is 6.42 Å². The van der Waals surface area contributed by atoms with Gasteiger partial charge in [0.15, 0.2) is 0 Å². The number of anilines is 1. The van der Waals surface area contributed by atoms with Crippen molar-refractivity contribution in [2.75, 3.05) is 39.5 Å². The number of H-pyrrole nitrogens is 1. The fourth-order valence-corrected chi connectivity index (χ4v) is 2.39. The Morgan fingerprint density at radius 3 is 3.00 bits per heavy atom. The fraction of sp³-hybridized carbons (Fsp3) is 0.583. The molecule has 0 aliphatic carbocycles. The average Bonchev–Trinajstić information content (AvgIpc) is 2.87. The zero-order chi connectivity index (χ0) is 12.4. The second-order valence-electron chi connectivity index (χ2n) is 4.95. The smallest absolute Gasteiger partial charge is 0.270 e. The molecule has 17 heavy (non-hydrogen) atoms. The summed E-state index contributed by atoms with van der Waals surface area (Å²) in [5, 5.41) is 0. The molecule has 0 radical (unpaired) electrons. The van der Waals surface area contributed by atoms with Gasteiger partial charge in [0.1, 0.15) is 5.69 Å². The van der Waals surface area contributed by atoms with Crippen LogP contribution in [0.1, 0.15) is 16.9 Å². The Kier molecular flexibility index (Phi) is 3.38. The van der Waals surface area contributed by atoms with Gasteiger partial charge in [-0.25, -0.2) is 0 Å². The van der Waals surface area contributed by atoms with Crippen LogP contribution in [0.5, 0.6) is 0 Å². The van der Waals surface area contributed by atoms with Crippen molar-refractivity contribution in [2.45, 2.75) is 6.42 Å². The van der Waals surface area contributed by atoms with Crippen LogP contribution in [-0.2, 0) is 0 Å². The minimum absolute atomic E-state index is 0.0104. The molecule has 5 nitrogen and oxygen atoms in total. The monoisotopic (exact) mass is 236 g/mol. The van der Waals surface area contributed by atoms with E-state index < -0.39 is 0 Å². The average molecular weight is 236 g/mol. The van der Waals surface area contributed by atoms with E-state index in [1.807, 2.05) is 7.05 Å². The third-order valence-corrected chi connectivity index (χ3v) is 3.30. The van der Waals surface area contributed by atoms with E-state index in [0.717, 1.165) is 19.6 Å². The lowest BCUT2D eigenvalue weighted by Gasteiger charge is -2.20. The molecule has 1 aromatic rings. The number of nitrogens with zero attached hydrogens (tertiary/aromatic N) is 2. The molecule has 1 amide bonds. The van der Waals surface area contributed by atoms with Crippen LogP contribution in [0.15, 0.2) is 12.3 Å². The predicted octanol–water partition coefficient (Wildman–Crippen LogP) is 0.621. The van der Waals surface area contributed by atoms with E-state index in [-0.39, 0.29) is 5.91 Å². The topological polar surface area (TPSA) is 65.4 Å². The molecule has 1 unspecified atom stereocenters. The maximum Gasteiger partial charge on any atom is 0.270 e. The summed E-state index contributed by atoms with van der Waals surface area (Å²) in [4.78, 5) is 19.0. The number of rotatable bonds is 3. The Bertz CT molecular complexity index is 401. The summed E-state index contributed by atoms with van der Waals surface area (Å²) < 4.78 is 0. The SMILES string of the molecule is CN1CCC(CN(C)C(=O)c2cc(N)c[nH]2)C1. The van der Waals surface area contributed by atoms with Gasteiger partial charge in [-0.3, -0.25) is 4.79 Å². The van der Waals surface area contributed by atoms with Gasteiger partial charge in [-0.1, -0.05) is 0 Å². The number of amides is 1. The van der Waals surface area contributed by atoms with Gasteiger partial charge in [0, 0.05) is 32.0 Å². The summed E-state index contributed by atoms with van der Waals surface area (Å²) in [6, 6.07) is 1.68. The second-order valence-corrected chi connectivity index (χ2v) is 4.95. The van der Waals surface area contributed by atoms with Crippen LogP contribution in [-0.4, -0.2) is 54.4 Å². The van der Waals surface area contributed by atoms with Crippen molar-refractivity contribution >= 4 is 11.6 Å². The van der Waals surface area contributed by atoms with Crippen LogP contribution in [0.4, 0.5) is 5.69 Å². The number of aromatic amines is 1. The third kappa shape index (κ3) is 2.79. The molecule has 3 N–H and O–H groups in total. The van der Waals surface area contributed by atoms with E-state index in [0.29, 0.717) is 17.3 Å². The van der Waals surface area contributed by atoms with E-state index in [2.05, 4.69) is 16.9 Å². The first kappa shape index (κ1) is 12.0. The molecule has 1 aliphatic rings. The van der Waals surface area contributed by atoms with Crippen molar-refractivity contribution in [3.05, 3.63) is 18.0 Å². The quantitative estimate of drug-likeness (QED) is 0.808.